The predicted molar refractivity (Wildman–Crippen MR) is 143 cm³/mol. The van der Waals surface area contributed by atoms with Crippen LogP contribution >= 0.6 is 0 Å². The molecule has 1 unspecified atom stereocenters. The van der Waals surface area contributed by atoms with Gasteiger partial charge in [0.1, 0.15) is 0 Å². The molecule has 5 rings (SSSR count). The smallest absolute Gasteiger partial charge is 0.226 e. The molecule has 2 fully saturated rings. The molecule has 8 heteroatoms. The number of aromatic nitrogens is 2. The summed E-state index contributed by atoms with van der Waals surface area (Å²) in [5.41, 5.74) is 3.15. The van der Waals surface area contributed by atoms with Gasteiger partial charge in [-0.05, 0) is 73.3 Å². The van der Waals surface area contributed by atoms with Gasteiger partial charge in [-0.25, -0.2) is 14.4 Å². The van der Waals surface area contributed by atoms with Gasteiger partial charge in [-0.15, -0.1) is 0 Å². The first-order valence-corrected chi connectivity index (χ1v) is 13.8. The fourth-order valence-electron chi connectivity index (χ4n) is 5.48. The highest BCUT2D eigenvalue weighted by Crippen LogP contribution is 2.33. The third-order valence-corrected chi connectivity index (χ3v) is 7.96. The lowest BCUT2D eigenvalue weighted by atomic mass is 9.85. The molecule has 1 N–H and O–H groups in total. The van der Waals surface area contributed by atoms with Crippen molar-refractivity contribution < 1.29 is 13.9 Å². The van der Waals surface area contributed by atoms with Crippen LogP contribution in [-0.2, 0) is 11.2 Å². The molecule has 0 radical (unpaired) electrons. The van der Waals surface area contributed by atoms with Crippen LogP contribution in [0.1, 0.15) is 50.2 Å². The highest BCUT2D eigenvalue weighted by Gasteiger charge is 2.27. The van der Waals surface area contributed by atoms with Crippen molar-refractivity contribution in [1.29, 1.82) is 0 Å². The van der Waals surface area contributed by atoms with Crippen LogP contribution in [0.3, 0.4) is 0 Å². The number of amides is 1. The molecule has 0 saturated carbocycles. The Morgan fingerprint density at radius 2 is 1.86 bits per heavy atom. The lowest BCUT2D eigenvalue weighted by Crippen LogP contribution is -2.48. The van der Waals surface area contributed by atoms with Crippen LogP contribution in [0.25, 0.3) is 5.57 Å². The van der Waals surface area contributed by atoms with Gasteiger partial charge in [-0.1, -0.05) is 19.1 Å². The molecule has 1 atom stereocenters. The number of rotatable bonds is 7. The summed E-state index contributed by atoms with van der Waals surface area (Å²) in [5, 5.41) is 3.29. The molecule has 2 saturated heterocycles. The molecule has 7 nitrogen and oxygen atoms in total. The van der Waals surface area contributed by atoms with Crippen LogP contribution in [0.15, 0.2) is 36.7 Å². The summed E-state index contributed by atoms with van der Waals surface area (Å²) in [7, 11) is 0. The summed E-state index contributed by atoms with van der Waals surface area (Å²) in [4.78, 5) is 26.0. The van der Waals surface area contributed by atoms with E-state index in [0.29, 0.717) is 18.3 Å². The number of benzene rings is 1. The Hall–Kier alpha value is -3.00. The fraction of sp³-hybridized carbons (Fsp3) is 0.552. The average Bonchev–Trinajstić information content (AvgIpc) is 2.97. The number of piperazine rings is 1. The molecule has 1 aliphatic carbocycles. The molecule has 0 bridgehead atoms. The van der Waals surface area contributed by atoms with Crippen LogP contribution in [-0.4, -0.2) is 66.7 Å². The lowest BCUT2D eigenvalue weighted by Gasteiger charge is -2.32. The van der Waals surface area contributed by atoms with Crippen LogP contribution in [0, 0.1) is 17.7 Å². The molecular formula is C29H38FN5O2. The van der Waals surface area contributed by atoms with Gasteiger partial charge < -0.3 is 19.9 Å². The zero-order chi connectivity index (χ0) is 25.6. The Balaban J connectivity index is 1.10. The van der Waals surface area contributed by atoms with E-state index < -0.39 is 0 Å². The van der Waals surface area contributed by atoms with E-state index in [1.54, 1.807) is 12.1 Å². The molecule has 0 spiro atoms. The van der Waals surface area contributed by atoms with Crippen LogP contribution in [0.4, 0.5) is 10.3 Å². The quantitative estimate of drug-likeness (QED) is 0.609. The molecule has 2 aliphatic heterocycles. The van der Waals surface area contributed by atoms with Gasteiger partial charge in [0.15, 0.2) is 11.6 Å². The number of aryl methyl sites for hydroxylation is 1. The largest absolute Gasteiger partial charge is 0.490 e. The number of hydrogen-bond donors (Lipinski definition) is 1. The SMILES string of the molecule is CCc1cnc(N2CCC(COc3ccc(C4=CCC(C(=O)N5CCNCC5)CC4)cc3F)CC2)nc1. The zero-order valence-electron chi connectivity index (χ0n) is 21.8. The first kappa shape index (κ1) is 25.6. The minimum absolute atomic E-state index is 0.0444. The van der Waals surface area contributed by atoms with Gasteiger partial charge in [0.2, 0.25) is 11.9 Å². The molecule has 3 heterocycles. The highest BCUT2D eigenvalue weighted by atomic mass is 19.1. The van der Waals surface area contributed by atoms with E-state index in [0.717, 1.165) is 100 Å². The number of carbonyl (C=O) groups is 1. The van der Waals surface area contributed by atoms with Crippen molar-refractivity contribution in [2.75, 3.05) is 50.8 Å². The summed E-state index contributed by atoms with van der Waals surface area (Å²) < 4.78 is 20.8. The third kappa shape index (κ3) is 6.29. The number of nitrogens with zero attached hydrogens (tertiary/aromatic N) is 4. The summed E-state index contributed by atoms with van der Waals surface area (Å²) >= 11 is 0. The van der Waals surface area contributed by atoms with Gasteiger partial charge in [0.25, 0.3) is 0 Å². The van der Waals surface area contributed by atoms with E-state index in [9.17, 15) is 9.18 Å². The van der Waals surface area contributed by atoms with Gasteiger partial charge in [0, 0.05) is 57.6 Å². The molecule has 198 valence electrons. The van der Waals surface area contributed by atoms with Crippen molar-refractivity contribution in [3.8, 4) is 5.75 Å². The van der Waals surface area contributed by atoms with E-state index in [1.165, 1.54) is 0 Å². The molecular weight excluding hydrogens is 469 g/mol. The van der Waals surface area contributed by atoms with Crippen molar-refractivity contribution in [1.82, 2.24) is 20.2 Å². The van der Waals surface area contributed by atoms with E-state index in [1.807, 2.05) is 23.4 Å². The first-order valence-electron chi connectivity index (χ1n) is 13.8. The van der Waals surface area contributed by atoms with E-state index in [2.05, 4.69) is 33.2 Å². The van der Waals surface area contributed by atoms with Crippen LogP contribution in [0.2, 0.25) is 0 Å². The highest BCUT2D eigenvalue weighted by molar-refractivity contribution is 5.81. The van der Waals surface area contributed by atoms with Crippen molar-refractivity contribution in [3.05, 3.63) is 53.6 Å². The Labute approximate surface area is 219 Å². The maximum Gasteiger partial charge on any atom is 0.226 e. The maximum atomic E-state index is 14.9. The zero-order valence-corrected chi connectivity index (χ0v) is 21.8. The maximum absolute atomic E-state index is 14.9. The number of hydrogen-bond acceptors (Lipinski definition) is 6. The molecule has 3 aliphatic rings. The van der Waals surface area contributed by atoms with Crippen LogP contribution < -0.4 is 15.0 Å². The Morgan fingerprint density at radius 3 is 2.51 bits per heavy atom. The molecule has 1 amide bonds. The first-order chi connectivity index (χ1) is 18.1. The summed E-state index contributed by atoms with van der Waals surface area (Å²) in [5.74, 6) is 1.47. The van der Waals surface area contributed by atoms with Crippen molar-refractivity contribution in [2.24, 2.45) is 11.8 Å². The number of allylic oxidation sites excluding steroid dienone is 2. The molecule has 1 aromatic heterocycles. The second-order valence-corrected chi connectivity index (χ2v) is 10.4. The summed E-state index contributed by atoms with van der Waals surface area (Å²) in [6.07, 6.45) is 11.2. The van der Waals surface area contributed by atoms with Gasteiger partial charge in [-0.3, -0.25) is 4.79 Å². The van der Waals surface area contributed by atoms with Crippen LogP contribution in [0.5, 0.6) is 5.75 Å². The monoisotopic (exact) mass is 507 g/mol. The molecule has 37 heavy (non-hydrogen) atoms. The molecule has 2 aromatic rings. The third-order valence-electron chi connectivity index (χ3n) is 7.96. The fourth-order valence-corrected chi connectivity index (χ4v) is 5.48. The summed E-state index contributed by atoms with van der Waals surface area (Å²) in [6.45, 7) is 7.70. The minimum atomic E-state index is -0.320. The number of carbonyl (C=O) groups excluding carboxylic acids is 1. The Kier molecular flexibility index (Phi) is 8.34. The standard InChI is InChI=1S/C29H38FN5O2/c1-2-21-18-32-29(33-19-21)35-13-9-22(10-14-35)20-37-27-8-7-25(17-26(27)30)23-3-5-24(6-4-23)28(36)34-15-11-31-12-16-34/h3,7-8,17-19,22,24,31H,2,4-6,9-16,20H2,1H3. The predicted octanol–water partition coefficient (Wildman–Crippen LogP) is 4.09. The number of piperidine rings is 1. The number of anilines is 1. The van der Waals surface area contributed by atoms with Gasteiger partial charge >= 0.3 is 0 Å². The number of nitrogens with one attached hydrogen (secondary N) is 1. The average molecular weight is 508 g/mol. The Morgan fingerprint density at radius 1 is 1.11 bits per heavy atom. The van der Waals surface area contributed by atoms with E-state index in [4.69, 9.17) is 4.74 Å². The van der Waals surface area contributed by atoms with Gasteiger partial charge in [-0.2, -0.15) is 0 Å². The Bertz CT molecular complexity index is 1090. The van der Waals surface area contributed by atoms with Gasteiger partial charge in [0.05, 0.1) is 6.61 Å². The van der Waals surface area contributed by atoms with Crippen molar-refractivity contribution in [3.63, 3.8) is 0 Å². The number of ether oxygens (including phenoxy) is 1. The second kappa shape index (κ2) is 12.0. The van der Waals surface area contributed by atoms with E-state index in [-0.39, 0.29) is 17.6 Å². The van der Waals surface area contributed by atoms with E-state index >= 15 is 0 Å². The lowest BCUT2D eigenvalue weighted by molar-refractivity contribution is -0.136. The summed E-state index contributed by atoms with van der Waals surface area (Å²) in [6, 6.07) is 5.28. The van der Waals surface area contributed by atoms with Crippen molar-refractivity contribution >= 4 is 17.4 Å². The second-order valence-electron chi connectivity index (χ2n) is 10.4. The molecule has 1 aromatic carbocycles. The normalized spacial score (nSPS) is 21.0. The topological polar surface area (TPSA) is 70.6 Å². The van der Waals surface area contributed by atoms with Crippen molar-refractivity contribution in [2.45, 2.75) is 45.4 Å². The number of halogens is 1. The minimum Gasteiger partial charge on any atom is -0.490 e.